The van der Waals surface area contributed by atoms with Crippen molar-refractivity contribution in [3.63, 3.8) is 0 Å². The molecule has 2 heterocycles. The summed E-state index contributed by atoms with van der Waals surface area (Å²) in [7, 11) is 0. The Morgan fingerprint density at radius 3 is 2.86 bits per heavy atom. The van der Waals surface area contributed by atoms with Crippen LogP contribution in [0.15, 0.2) is 18.2 Å². The molecule has 0 unspecified atom stereocenters. The fourth-order valence-corrected chi connectivity index (χ4v) is 3.61. The first kappa shape index (κ1) is 12.9. The van der Waals surface area contributed by atoms with Crippen LogP contribution in [-0.4, -0.2) is 14.5 Å². The number of hydrogen-bond donors (Lipinski definition) is 1. The van der Waals surface area contributed by atoms with E-state index in [1.54, 1.807) is 23.5 Å². The summed E-state index contributed by atoms with van der Waals surface area (Å²) in [6.45, 7) is 2.41. The highest BCUT2D eigenvalue weighted by atomic mass is 32.1. The summed E-state index contributed by atoms with van der Waals surface area (Å²) in [5.41, 5.74) is 8.33. The smallest absolute Gasteiger partial charge is 0.153 e. The lowest BCUT2D eigenvalue weighted by Crippen LogP contribution is -1.97. The Hall–Kier alpha value is -1.79. The Bertz CT molecular complexity index is 832. The Morgan fingerprint density at radius 2 is 2.19 bits per heavy atom. The molecular weight excluding hydrogens is 287 g/mol. The molecule has 0 amide bonds. The number of fused-ring (bicyclic) bond motifs is 1. The van der Waals surface area contributed by atoms with Gasteiger partial charge in [0.2, 0.25) is 0 Å². The molecule has 0 atom stereocenters. The van der Waals surface area contributed by atoms with E-state index in [0.717, 1.165) is 45.3 Å². The first-order chi connectivity index (χ1) is 10.2. The van der Waals surface area contributed by atoms with Crippen molar-refractivity contribution in [2.45, 2.75) is 32.4 Å². The maximum Gasteiger partial charge on any atom is 0.153 e. The van der Waals surface area contributed by atoms with Gasteiger partial charge in [0, 0.05) is 12.6 Å². The summed E-state index contributed by atoms with van der Waals surface area (Å²) in [5.74, 6) is 0.673. The maximum absolute atomic E-state index is 13.6. The molecule has 0 bridgehead atoms. The van der Waals surface area contributed by atoms with Crippen LogP contribution in [0.5, 0.6) is 0 Å². The van der Waals surface area contributed by atoms with Gasteiger partial charge in [-0.05, 0) is 38.0 Å². The van der Waals surface area contributed by atoms with Gasteiger partial charge in [-0.3, -0.25) is 0 Å². The molecule has 1 aliphatic carbocycles. The Morgan fingerprint density at radius 1 is 1.38 bits per heavy atom. The number of hydrogen-bond acceptors (Lipinski definition) is 4. The van der Waals surface area contributed by atoms with Crippen LogP contribution in [-0.2, 0) is 6.54 Å². The van der Waals surface area contributed by atoms with Crippen LogP contribution < -0.4 is 5.73 Å². The number of imidazole rings is 1. The summed E-state index contributed by atoms with van der Waals surface area (Å²) in [6, 6.07) is 5.20. The normalized spacial score (nSPS) is 15.0. The largest absolute Gasteiger partial charge is 0.325 e. The van der Waals surface area contributed by atoms with E-state index < -0.39 is 0 Å². The summed E-state index contributed by atoms with van der Waals surface area (Å²) in [4.78, 5) is 10.2. The molecule has 6 heteroatoms. The van der Waals surface area contributed by atoms with Crippen molar-refractivity contribution in [2.75, 3.05) is 0 Å². The van der Waals surface area contributed by atoms with Crippen molar-refractivity contribution in [3.8, 4) is 10.7 Å². The van der Waals surface area contributed by atoms with Crippen molar-refractivity contribution in [1.82, 2.24) is 14.5 Å². The number of halogens is 1. The van der Waals surface area contributed by atoms with Gasteiger partial charge in [-0.25, -0.2) is 14.4 Å². The molecule has 4 nitrogen and oxygen atoms in total. The van der Waals surface area contributed by atoms with Crippen molar-refractivity contribution in [1.29, 1.82) is 0 Å². The second-order valence-corrected chi connectivity index (χ2v) is 6.48. The minimum absolute atomic E-state index is 0.223. The number of benzene rings is 1. The van der Waals surface area contributed by atoms with Gasteiger partial charge in [0.25, 0.3) is 0 Å². The van der Waals surface area contributed by atoms with Crippen molar-refractivity contribution < 1.29 is 4.39 Å². The predicted octanol–water partition coefficient (Wildman–Crippen LogP) is 3.40. The van der Waals surface area contributed by atoms with E-state index in [0.29, 0.717) is 12.6 Å². The number of aromatic nitrogens is 3. The van der Waals surface area contributed by atoms with Crippen molar-refractivity contribution in [3.05, 3.63) is 34.7 Å². The average Bonchev–Trinajstić information content (AvgIpc) is 3.13. The van der Waals surface area contributed by atoms with Crippen molar-refractivity contribution in [2.24, 2.45) is 5.73 Å². The van der Waals surface area contributed by atoms with Gasteiger partial charge in [0.1, 0.15) is 10.8 Å². The summed E-state index contributed by atoms with van der Waals surface area (Å²) >= 11 is 1.58. The molecule has 1 aromatic carbocycles. The third-order valence-corrected chi connectivity index (χ3v) is 4.96. The summed E-state index contributed by atoms with van der Waals surface area (Å²) in [5, 5.41) is 0.906. The zero-order valence-electron chi connectivity index (χ0n) is 11.6. The lowest BCUT2D eigenvalue weighted by molar-refractivity contribution is 0.628. The van der Waals surface area contributed by atoms with Crippen LogP contribution in [0.25, 0.3) is 21.7 Å². The maximum atomic E-state index is 13.6. The number of rotatable bonds is 3. The number of aryl methyl sites for hydroxylation is 1. The molecule has 1 aliphatic rings. The van der Waals surface area contributed by atoms with Crippen LogP contribution in [0.4, 0.5) is 4.39 Å². The molecule has 0 radical (unpaired) electrons. The molecule has 4 rings (SSSR count). The minimum atomic E-state index is -0.223. The molecule has 1 saturated carbocycles. The van der Waals surface area contributed by atoms with Crippen LogP contribution in [0, 0.1) is 12.7 Å². The number of nitrogens with zero attached hydrogens (tertiary/aromatic N) is 3. The highest BCUT2D eigenvalue weighted by Gasteiger charge is 2.30. The molecule has 108 valence electrons. The van der Waals surface area contributed by atoms with E-state index in [9.17, 15) is 4.39 Å². The standard InChI is InChI=1S/C15H15FN4S/c1-8-14(21-13(7-17)18-8)15-19-11-5-2-9(16)6-12(11)20(15)10-3-4-10/h2,5-6,10H,3-4,7,17H2,1H3. The molecule has 2 aromatic heterocycles. The van der Waals surface area contributed by atoms with Gasteiger partial charge in [-0.2, -0.15) is 0 Å². The van der Waals surface area contributed by atoms with Gasteiger partial charge in [0.15, 0.2) is 5.82 Å². The lowest BCUT2D eigenvalue weighted by atomic mass is 10.3. The summed E-state index contributed by atoms with van der Waals surface area (Å²) < 4.78 is 15.7. The molecule has 1 fully saturated rings. The highest BCUT2D eigenvalue weighted by Crippen LogP contribution is 2.43. The van der Waals surface area contributed by atoms with E-state index >= 15 is 0 Å². The zero-order valence-corrected chi connectivity index (χ0v) is 12.5. The van der Waals surface area contributed by atoms with Crippen LogP contribution in [0.2, 0.25) is 0 Å². The molecule has 0 spiro atoms. The molecular formula is C15H15FN4S. The SMILES string of the molecule is Cc1nc(CN)sc1-c1nc2ccc(F)cc2n1C1CC1. The monoisotopic (exact) mass is 302 g/mol. The van der Waals surface area contributed by atoms with E-state index in [2.05, 4.69) is 9.55 Å². The first-order valence-corrected chi connectivity index (χ1v) is 7.83. The van der Waals surface area contributed by atoms with Gasteiger partial charge >= 0.3 is 0 Å². The van der Waals surface area contributed by atoms with E-state index in [1.165, 1.54) is 6.07 Å². The fraction of sp³-hybridized carbons (Fsp3) is 0.333. The third-order valence-electron chi connectivity index (χ3n) is 3.78. The van der Waals surface area contributed by atoms with Gasteiger partial charge in [0.05, 0.1) is 21.6 Å². The van der Waals surface area contributed by atoms with Crippen LogP contribution >= 0.6 is 11.3 Å². The van der Waals surface area contributed by atoms with Crippen LogP contribution in [0.3, 0.4) is 0 Å². The van der Waals surface area contributed by atoms with E-state index in [4.69, 9.17) is 10.7 Å². The quantitative estimate of drug-likeness (QED) is 0.806. The van der Waals surface area contributed by atoms with Crippen molar-refractivity contribution >= 4 is 22.4 Å². The Kier molecular flexibility index (Phi) is 2.83. The Balaban J connectivity index is 1.99. The lowest BCUT2D eigenvalue weighted by Gasteiger charge is -2.06. The second kappa shape index (κ2) is 4.61. The molecule has 3 aromatic rings. The minimum Gasteiger partial charge on any atom is -0.325 e. The summed E-state index contributed by atoms with van der Waals surface area (Å²) in [6.07, 6.45) is 2.24. The highest BCUT2D eigenvalue weighted by molar-refractivity contribution is 7.15. The molecule has 0 aliphatic heterocycles. The molecule has 21 heavy (non-hydrogen) atoms. The number of thiazole rings is 1. The second-order valence-electron chi connectivity index (χ2n) is 5.40. The van der Waals surface area contributed by atoms with Crippen LogP contribution in [0.1, 0.15) is 29.6 Å². The molecule has 0 saturated heterocycles. The molecule has 2 N–H and O–H groups in total. The van der Waals surface area contributed by atoms with Gasteiger partial charge in [-0.1, -0.05) is 0 Å². The average molecular weight is 302 g/mol. The topological polar surface area (TPSA) is 56.7 Å². The first-order valence-electron chi connectivity index (χ1n) is 7.01. The van der Waals surface area contributed by atoms with E-state index in [-0.39, 0.29) is 5.82 Å². The zero-order chi connectivity index (χ0) is 14.6. The van der Waals surface area contributed by atoms with E-state index in [1.807, 2.05) is 6.92 Å². The predicted molar refractivity (Wildman–Crippen MR) is 81.7 cm³/mol. The third kappa shape index (κ3) is 2.06. The fourth-order valence-electron chi connectivity index (χ4n) is 2.68. The van der Waals surface area contributed by atoms with Gasteiger partial charge in [-0.15, -0.1) is 11.3 Å². The number of nitrogens with two attached hydrogens (primary N) is 1. The Labute approximate surface area is 125 Å². The van der Waals surface area contributed by atoms with Gasteiger partial charge < -0.3 is 10.3 Å².